The van der Waals surface area contributed by atoms with E-state index in [1.165, 1.54) is 4.94 Å². The smallest absolute Gasteiger partial charge is 0.203 e. The fourth-order valence-electron chi connectivity index (χ4n) is 0.201. The second-order valence-electron chi connectivity index (χ2n) is 1.52. The normalized spacial score (nSPS) is 18.5. The van der Waals surface area contributed by atoms with E-state index >= 15 is 0 Å². The highest BCUT2D eigenvalue weighted by Crippen LogP contribution is 2.39. The van der Waals surface area contributed by atoms with Gasteiger partial charge in [-0.25, -0.2) is 8.78 Å². The Hall–Kier alpha value is -0.530. The van der Waals surface area contributed by atoms with Crippen molar-refractivity contribution in [3.63, 3.8) is 0 Å². The first-order chi connectivity index (χ1) is 4.75. The lowest BCUT2D eigenvalue weighted by Gasteiger charge is -2.21. The van der Waals surface area contributed by atoms with E-state index in [0.29, 0.717) is 0 Å². The summed E-state index contributed by atoms with van der Waals surface area (Å²) in [5.74, 6) is -5.52. The third kappa shape index (κ3) is 1.73. The predicted octanol–water partition coefficient (Wildman–Crippen LogP) is 2.38. The van der Waals surface area contributed by atoms with Crippen LogP contribution in [0.1, 0.15) is 0 Å². The number of rotatable bonds is 2. The molecule has 0 aromatic heterocycles. The molecule has 0 heterocycles. The van der Waals surface area contributed by atoms with Crippen LogP contribution in [0.5, 0.6) is 0 Å². The monoisotopic (exact) mass is 186 g/mol. The second kappa shape index (κ2) is 2.84. The summed E-state index contributed by atoms with van der Waals surface area (Å²) in [4.78, 5) is 1.52. The van der Waals surface area contributed by atoms with Crippen LogP contribution in [0, 0.1) is 0 Å². The number of hydrogen-bond acceptors (Lipinski definition) is 1. The molecule has 0 aromatic carbocycles. The molecule has 11 heavy (non-hydrogen) atoms. The molecule has 1 atom stereocenters. The minimum Gasteiger partial charge on any atom is -0.203 e. The maximum atomic E-state index is 11.7. The van der Waals surface area contributed by atoms with Crippen LogP contribution < -0.4 is 0 Å². The molecular weight excluding hydrogens is 185 g/mol. The van der Waals surface area contributed by atoms with Crippen molar-refractivity contribution < 1.29 is 35.8 Å². The van der Waals surface area contributed by atoms with Crippen molar-refractivity contribution in [1.29, 1.82) is 0 Å². The van der Waals surface area contributed by atoms with E-state index in [-0.39, 0.29) is 0 Å². The summed E-state index contributed by atoms with van der Waals surface area (Å²) in [5, 5.41) is 0. The fraction of sp³-hybridized carbons (Fsp3) is 1.00. The maximum absolute atomic E-state index is 11.7. The van der Waals surface area contributed by atoms with Gasteiger partial charge in [0.25, 0.3) is 0 Å². The van der Waals surface area contributed by atoms with Crippen LogP contribution in [0.2, 0.25) is 0 Å². The lowest BCUT2D eigenvalue weighted by Crippen LogP contribution is -2.48. The van der Waals surface area contributed by atoms with Gasteiger partial charge in [-0.05, 0) is 4.53 Å². The summed E-state index contributed by atoms with van der Waals surface area (Å²) in [7, 11) is 0. The molecule has 0 saturated carbocycles. The van der Waals surface area contributed by atoms with Gasteiger partial charge in [-0.2, -0.15) is 17.6 Å². The zero-order valence-corrected chi connectivity index (χ0v) is 4.63. The summed E-state index contributed by atoms with van der Waals surface area (Å²) in [6.45, 7) is 0. The van der Waals surface area contributed by atoms with Gasteiger partial charge < -0.3 is 0 Å². The van der Waals surface area contributed by atoms with Crippen LogP contribution >= 0.6 is 0 Å². The van der Waals surface area contributed by atoms with Gasteiger partial charge >= 0.3 is 18.5 Å². The van der Waals surface area contributed by atoms with Gasteiger partial charge in [0.15, 0.2) is 0 Å². The maximum Gasteiger partial charge on any atom is 0.457 e. The first kappa shape index (κ1) is 10.5. The first-order valence-corrected chi connectivity index (χ1v) is 2.09. The first-order valence-electron chi connectivity index (χ1n) is 2.09. The minimum absolute atomic E-state index is 1.52. The summed E-state index contributed by atoms with van der Waals surface area (Å²) in [6.07, 6.45) is -10.7. The molecule has 0 saturated heterocycles. The molecule has 0 spiro atoms. The van der Waals surface area contributed by atoms with Crippen LogP contribution in [0.15, 0.2) is 0 Å². The second-order valence-corrected chi connectivity index (χ2v) is 1.52. The van der Waals surface area contributed by atoms with E-state index in [2.05, 4.69) is 0 Å². The number of halogens is 7. The summed E-state index contributed by atoms with van der Waals surface area (Å²) in [6, 6.07) is 0. The van der Waals surface area contributed by atoms with Crippen molar-refractivity contribution in [3.05, 3.63) is 0 Å². The Kier molecular flexibility index (Phi) is 2.70. The molecule has 0 bridgehead atoms. The van der Waals surface area contributed by atoms with Crippen molar-refractivity contribution >= 4 is 0 Å². The average Bonchev–Trinajstić information content (AvgIpc) is 1.83. The molecule has 0 aliphatic heterocycles. The highest BCUT2D eigenvalue weighted by atomic mass is 19.4. The Morgan fingerprint density at radius 2 is 1.36 bits per heavy atom. The van der Waals surface area contributed by atoms with Crippen LogP contribution in [0.4, 0.5) is 30.9 Å². The van der Waals surface area contributed by atoms with Gasteiger partial charge in [-0.3, -0.25) is 0 Å². The zero-order chi connectivity index (χ0) is 9.28. The molecule has 8 heteroatoms. The Bertz CT molecular complexity index is 130. The predicted molar refractivity (Wildman–Crippen MR) is 18.1 cm³/mol. The topological polar surface area (TPSA) is 9.23 Å². The van der Waals surface area contributed by atoms with Gasteiger partial charge in [0.1, 0.15) is 0 Å². The summed E-state index contributed by atoms with van der Waals surface area (Å²) in [5.41, 5.74) is 0. The Balaban J connectivity index is 4.61. The molecule has 0 radical (unpaired) electrons. The van der Waals surface area contributed by atoms with E-state index in [4.69, 9.17) is 0 Å². The van der Waals surface area contributed by atoms with Crippen molar-refractivity contribution in [2.24, 2.45) is 0 Å². The van der Waals surface area contributed by atoms with Gasteiger partial charge in [0.05, 0.1) is 0 Å². The molecule has 68 valence electrons. The van der Waals surface area contributed by atoms with Crippen molar-refractivity contribution in [1.82, 2.24) is 0 Å². The number of hydrogen-bond donors (Lipinski definition) is 0. The van der Waals surface area contributed by atoms with Gasteiger partial charge in [0, 0.05) is 0 Å². The van der Waals surface area contributed by atoms with Crippen LogP contribution in [0.3, 0.4) is 0 Å². The van der Waals surface area contributed by atoms with Gasteiger partial charge in [-0.1, -0.05) is 0 Å². The van der Waals surface area contributed by atoms with Crippen molar-refractivity contribution in [3.8, 4) is 0 Å². The molecule has 1 unspecified atom stereocenters. The van der Waals surface area contributed by atoms with Crippen molar-refractivity contribution in [2.75, 3.05) is 0 Å². The van der Waals surface area contributed by atoms with E-state index in [0.717, 1.165) is 0 Å². The molecule has 0 aliphatic carbocycles. The van der Waals surface area contributed by atoms with E-state index in [9.17, 15) is 30.9 Å². The Labute approximate surface area is 55.6 Å². The third-order valence-corrected chi connectivity index (χ3v) is 0.779. The molecule has 0 aliphatic rings. The summed E-state index contributed by atoms with van der Waals surface area (Å²) < 4.78 is 78.0. The van der Waals surface area contributed by atoms with E-state index in [1.807, 2.05) is 0 Å². The van der Waals surface area contributed by atoms with Gasteiger partial charge in [0.2, 0.25) is 0 Å². The standard InChI is InChI=1S/C3HF7O/c4-1(5)2(6,11-10)3(7,8)9/h1H. The lowest BCUT2D eigenvalue weighted by molar-refractivity contribution is -0.430. The molecule has 0 N–H and O–H groups in total. The summed E-state index contributed by atoms with van der Waals surface area (Å²) >= 11 is 0. The molecule has 0 aromatic rings. The zero-order valence-electron chi connectivity index (χ0n) is 4.63. The minimum atomic E-state index is -6.09. The van der Waals surface area contributed by atoms with E-state index in [1.54, 1.807) is 0 Å². The molecule has 0 rings (SSSR count). The lowest BCUT2D eigenvalue weighted by atomic mass is 10.3. The molecule has 0 amide bonds. The highest BCUT2D eigenvalue weighted by molar-refractivity contribution is 4.78. The number of alkyl halides is 6. The Morgan fingerprint density at radius 1 is 1.00 bits per heavy atom. The third-order valence-electron chi connectivity index (χ3n) is 0.779. The largest absolute Gasteiger partial charge is 0.457 e. The quantitative estimate of drug-likeness (QED) is 0.601. The van der Waals surface area contributed by atoms with Crippen LogP contribution in [-0.4, -0.2) is 18.5 Å². The fourth-order valence-corrected chi connectivity index (χ4v) is 0.201. The van der Waals surface area contributed by atoms with Crippen LogP contribution in [-0.2, 0) is 4.94 Å². The highest BCUT2D eigenvalue weighted by Gasteiger charge is 2.66. The molecule has 0 fully saturated rings. The van der Waals surface area contributed by atoms with Crippen LogP contribution in [0.25, 0.3) is 0 Å². The average molecular weight is 186 g/mol. The Morgan fingerprint density at radius 3 is 1.36 bits per heavy atom. The molecule has 1 nitrogen and oxygen atoms in total. The van der Waals surface area contributed by atoms with E-state index < -0.39 is 18.5 Å². The SMILES string of the molecule is FOC(F)(C(F)F)C(F)(F)F. The van der Waals surface area contributed by atoms with Gasteiger partial charge in [-0.15, -0.1) is 4.94 Å². The van der Waals surface area contributed by atoms with Crippen molar-refractivity contribution in [2.45, 2.75) is 18.5 Å². The molecular formula is C3HF7O.